The van der Waals surface area contributed by atoms with Gasteiger partial charge in [0, 0.05) is 32.1 Å². The molecule has 0 aliphatic heterocycles. The summed E-state index contributed by atoms with van der Waals surface area (Å²) in [5.41, 5.74) is 0.517. The maximum atomic E-state index is 12.2. The van der Waals surface area contributed by atoms with Crippen LogP contribution in [0, 0.1) is 0 Å². The molecule has 2 rings (SSSR count). The topological polar surface area (TPSA) is 72.1 Å². The Hall–Kier alpha value is -2.08. The van der Waals surface area contributed by atoms with E-state index in [1.165, 1.54) is 0 Å². The van der Waals surface area contributed by atoms with Crippen molar-refractivity contribution in [3.63, 3.8) is 0 Å². The van der Waals surface area contributed by atoms with E-state index in [4.69, 9.17) is 5.11 Å². The molecule has 6 heteroatoms. The van der Waals surface area contributed by atoms with Crippen LogP contribution in [0.4, 0.5) is 0 Å². The van der Waals surface area contributed by atoms with E-state index in [-0.39, 0.29) is 18.6 Å². The van der Waals surface area contributed by atoms with Gasteiger partial charge in [-0.05, 0) is 25.5 Å². The monoisotopic (exact) mass is 262 g/mol. The standard InChI is InChI=1S/C13H18N4O2/c1-10(5-8-18)15-12(19)11-9-14-16(2)13(11)17-6-3-4-7-17/h3-4,6-7,9-10,18H,5,8H2,1-2H3,(H,15,19). The highest BCUT2D eigenvalue weighted by atomic mass is 16.3. The van der Waals surface area contributed by atoms with Gasteiger partial charge < -0.3 is 15.0 Å². The quantitative estimate of drug-likeness (QED) is 0.833. The lowest BCUT2D eigenvalue weighted by molar-refractivity contribution is 0.0934. The van der Waals surface area contributed by atoms with Crippen molar-refractivity contribution in [3.05, 3.63) is 36.3 Å². The molecule has 102 valence electrons. The second-order valence-corrected chi connectivity index (χ2v) is 4.48. The van der Waals surface area contributed by atoms with Gasteiger partial charge in [-0.15, -0.1) is 0 Å². The molecule has 2 N–H and O–H groups in total. The lowest BCUT2D eigenvalue weighted by atomic mass is 10.2. The number of carbonyl (C=O) groups excluding carboxylic acids is 1. The average Bonchev–Trinajstić information content (AvgIpc) is 2.97. The number of rotatable bonds is 5. The lowest BCUT2D eigenvalue weighted by Crippen LogP contribution is -2.33. The van der Waals surface area contributed by atoms with Crippen molar-refractivity contribution in [2.24, 2.45) is 7.05 Å². The maximum absolute atomic E-state index is 12.2. The Bertz CT molecular complexity index is 545. The zero-order chi connectivity index (χ0) is 13.8. The van der Waals surface area contributed by atoms with E-state index in [1.54, 1.807) is 17.9 Å². The number of hydrogen-bond acceptors (Lipinski definition) is 3. The Morgan fingerprint density at radius 1 is 1.47 bits per heavy atom. The minimum atomic E-state index is -0.183. The smallest absolute Gasteiger partial charge is 0.256 e. The number of nitrogens with zero attached hydrogens (tertiary/aromatic N) is 3. The predicted molar refractivity (Wildman–Crippen MR) is 71.2 cm³/mol. The number of aliphatic hydroxyl groups excluding tert-OH is 1. The van der Waals surface area contributed by atoms with Crippen LogP contribution in [-0.4, -0.2) is 38.0 Å². The summed E-state index contributed by atoms with van der Waals surface area (Å²) in [4.78, 5) is 12.2. The number of hydrogen-bond donors (Lipinski definition) is 2. The Labute approximate surface area is 111 Å². The number of carbonyl (C=O) groups is 1. The zero-order valence-corrected chi connectivity index (χ0v) is 11.1. The number of aliphatic hydroxyl groups is 1. The minimum absolute atomic E-state index is 0.0545. The SMILES string of the molecule is CC(CCO)NC(=O)c1cnn(C)c1-n1cccc1. The number of aromatic nitrogens is 3. The van der Waals surface area contributed by atoms with E-state index in [0.29, 0.717) is 12.0 Å². The summed E-state index contributed by atoms with van der Waals surface area (Å²) in [6.45, 7) is 1.92. The molecule has 6 nitrogen and oxygen atoms in total. The molecule has 0 radical (unpaired) electrons. The molecule has 2 aromatic heterocycles. The van der Waals surface area contributed by atoms with E-state index in [1.807, 2.05) is 36.0 Å². The lowest BCUT2D eigenvalue weighted by Gasteiger charge is -2.13. The summed E-state index contributed by atoms with van der Waals surface area (Å²) < 4.78 is 3.50. The highest BCUT2D eigenvalue weighted by molar-refractivity contribution is 5.97. The van der Waals surface area contributed by atoms with Gasteiger partial charge in [0.15, 0.2) is 0 Å². The van der Waals surface area contributed by atoms with Crippen molar-refractivity contribution in [1.82, 2.24) is 19.7 Å². The van der Waals surface area contributed by atoms with Crippen LogP contribution in [0.15, 0.2) is 30.7 Å². The predicted octanol–water partition coefficient (Wildman–Crippen LogP) is 0.711. The molecule has 0 saturated carbocycles. The molecule has 1 amide bonds. The average molecular weight is 262 g/mol. The summed E-state index contributed by atoms with van der Waals surface area (Å²) in [6.07, 6.45) is 5.82. The van der Waals surface area contributed by atoms with Gasteiger partial charge in [0.05, 0.1) is 6.20 Å². The van der Waals surface area contributed by atoms with E-state index < -0.39 is 0 Å². The Kier molecular flexibility index (Phi) is 4.01. The molecule has 0 spiro atoms. The van der Waals surface area contributed by atoms with Crippen LogP contribution in [0.5, 0.6) is 0 Å². The third-order valence-electron chi connectivity index (χ3n) is 2.94. The molecule has 2 heterocycles. The van der Waals surface area contributed by atoms with E-state index in [0.717, 1.165) is 5.82 Å². The van der Waals surface area contributed by atoms with Crippen LogP contribution >= 0.6 is 0 Å². The second kappa shape index (κ2) is 5.71. The highest BCUT2D eigenvalue weighted by Gasteiger charge is 2.18. The zero-order valence-electron chi connectivity index (χ0n) is 11.1. The fraction of sp³-hybridized carbons (Fsp3) is 0.385. The molecule has 0 aliphatic carbocycles. The highest BCUT2D eigenvalue weighted by Crippen LogP contribution is 2.14. The van der Waals surface area contributed by atoms with Gasteiger partial charge in [0.2, 0.25) is 0 Å². The van der Waals surface area contributed by atoms with Crippen LogP contribution in [-0.2, 0) is 7.05 Å². The van der Waals surface area contributed by atoms with E-state index >= 15 is 0 Å². The largest absolute Gasteiger partial charge is 0.396 e. The second-order valence-electron chi connectivity index (χ2n) is 4.48. The van der Waals surface area contributed by atoms with Crippen molar-refractivity contribution < 1.29 is 9.90 Å². The molecule has 0 fully saturated rings. The minimum Gasteiger partial charge on any atom is -0.396 e. The first-order valence-corrected chi connectivity index (χ1v) is 6.20. The number of amides is 1. The molecular formula is C13H18N4O2. The molecule has 0 bridgehead atoms. The first kappa shape index (κ1) is 13.4. The van der Waals surface area contributed by atoms with Crippen LogP contribution in [0.2, 0.25) is 0 Å². The number of nitrogens with one attached hydrogen (secondary N) is 1. The third-order valence-corrected chi connectivity index (χ3v) is 2.94. The molecular weight excluding hydrogens is 244 g/mol. The van der Waals surface area contributed by atoms with Gasteiger partial charge in [0.25, 0.3) is 5.91 Å². The summed E-state index contributed by atoms with van der Waals surface area (Å²) >= 11 is 0. The normalized spacial score (nSPS) is 12.4. The Morgan fingerprint density at radius 3 is 2.79 bits per heavy atom. The number of aryl methyl sites for hydroxylation is 1. The summed E-state index contributed by atoms with van der Waals surface area (Å²) in [7, 11) is 1.79. The summed E-state index contributed by atoms with van der Waals surface area (Å²) in [5, 5.41) is 15.8. The fourth-order valence-corrected chi connectivity index (χ4v) is 1.94. The van der Waals surface area contributed by atoms with Crippen molar-refractivity contribution in [2.45, 2.75) is 19.4 Å². The van der Waals surface area contributed by atoms with Crippen molar-refractivity contribution >= 4 is 5.91 Å². The van der Waals surface area contributed by atoms with Crippen LogP contribution in [0.25, 0.3) is 5.82 Å². The van der Waals surface area contributed by atoms with Crippen molar-refractivity contribution in [2.75, 3.05) is 6.61 Å². The Morgan fingerprint density at radius 2 is 2.16 bits per heavy atom. The van der Waals surface area contributed by atoms with Crippen LogP contribution in [0.1, 0.15) is 23.7 Å². The molecule has 0 saturated heterocycles. The van der Waals surface area contributed by atoms with Gasteiger partial charge in [-0.1, -0.05) is 0 Å². The molecule has 0 aromatic carbocycles. The molecule has 0 aliphatic rings. The first-order chi connectivity index (χ1) is 9.13. The van der Waals surface area contributed by atoms with Gasteiger partial charge in [-0.25, -0.2) is 0 Å². The molecule has 1 atom stereocenters. The first-order valence-electron chi connectivity index (χ1n) is 6.20. The maximum Gasteiger partial charge on any atom is 0.256 e. The summed E-state index contributed by atoms with van der Waals surface area (Å²) in [6, 6.07) is 3.71. The van der Waals surface area contributed by atoms with E-state index in [9.17, 15) is 4.79 Å². The van der Waals surface area contributed by atoms with Crippen molar-refractivity contribution in [3.8, 4) is 5.82 Å². The van der Waals surface area contributed by atoms with Gasteiger partial charge in [-0.3, -0.25) is 9.48 Å². The fourth-order valence-electron chi connectivity index (χ4n) is 1.94. The van der Waals surface area contributed by atoms with Crippen molar-refractivity contribution in [1.29, 1.82) is 0 Å². The van der Waals surface area contributed by atoms with Crippen LogP contribution in [0.3, 0.4) is 0 Å². The van der Waals surface area contributed by atoms with Gasteiger partial charge in [0.1, 0.15) is 11.4 Å². The van der Waals surface area contributed by atoms with Crippen LogP contribution < -0.4 is 5.32 Å². The summed E-state index contributed by atoms with van der Waals surface area (Å²) in [5.74, 6) is 0.538. The molecule has 19 heavy (non-hydrogen) atoms. The van der Waals surface area contributed by atoms with Gasteiger partial charge >= 0.3 is 0 Å². The Balaban J connectivity index is 2.24. The molecule has 2 aromatic rings. The molecule has 1 unspecified atom stereocenters. The third kappa shape index (κ3) is 2.85. The van der Waals surface area contributed by atoms with E-state index in [2.05, 4.69) is 10.4 Å². The van der Waals surface area contributed by atoms with Gasteiger partial charge in [-0.2, -0.15) is 5.10 Å².